The quantitative estimate of drug-likeness (QED) is 0.509. The molecule has 0 aliphatic carbocycles. The molecule has 0 N–H and O–H groups in total. The van der Waals surface area contributed by atoms with Gasteiger partial charge in [0.05, 0.1) is 16.8 Å². The highest BCUT2D eigenvalue weighted by atomic mass is 79.9. The van der Waals surface area contributed by atoms with E-state index in [1.165, 1.54) is 12.1 Å². The summed E-state index contributed by atoms with van der Waals surface area (Å²) in [5, 5.41) is 0. The minimum atomic E-state index is -3.37. The van der Waals surface area contributed by atoms with Crippen LogP contribution in [0.5, 0.6) is 5.75 Å². The molecule has 0 spiro atoms. The molecule has 1 aromatic carbocycles. The van der Waals surface area contributed by atoms with E-state index in [2.05, 4.69) is 15.9 Å². The molecule has 1 rings (SSSR count). The predicted molar refractivity (Wildman–Crippen MR) is 77.7 cm³/mol. The molecule has 0 aromatic heterocycles. The Labute approximate surface area is 125 Å². The van der Waals surface area contributed by atoms with Gasteiger partial charge in [-0.1, -0.05) is 12.8 Å². The Kier molecular flexibility index (Phi) is 7.10. The molecule has 0 bridgehead atoms. The molecule has 0 unspecified atom stereocenters. The van der Waals surface area contributed by atoms with Crippen molar-refractivity contribution in [3.05, 3.63) is 28.5 Å². The molecule has 0 aliphatic rings. The van der Waals surface area contributed by atoms with Gasteiger partial charge in [-0.25, -0.2) is 12.8 Å². The van der Waals surface area contributed by atoms with Crippen LogP contribution in [0.4, 0.5) is 4.39 Å². The number of ether oxygens (including phenoxy) is 1. The third-order valence-electron chi connectivity index (χ3n) is 2.43. The van der Waals surface area contributed by atoms with Gasteiger partial charge in [0.1, 0.15) is 11.6 Å². The summed E-state index contributed by atoms with van der Waals surface area (Å²) in [6.07, 6.45) is 3.03. The second kappa shape index (κ2) is 8.07. The fourth-order valence-electron chi connectivity index (χ4n) is 1.50. The molecule has 3 nitrogen and oxygen atoms in total. The summed E-state index contributed by atoms with van der Waals surface area (Å²) in [6, 6.07) is 4.26. The first-order chi connectivity index (χ1) is 8.88. The van der Waals surface area contributed by atoms with Crippen molar-refractivity contribution in [2.75, 3.05) is 12.4 Å². The molecule has 0 atom stereocenters. The van der Waals surface area contributed by atoms with Gasteiger partial charge in [0.2, 0.25) is 9.05 Å². The third-order valence-corrected chi connectivity index (χ3v) is 4.29. The Hall–Kier alpha value is -0.330. The van der Waals surface area contributed by atoms with Gasteiger partial charge in [0.25, 0.3) is 0 Å². The van der Waals surface area contributed by atoms with Crippen molar-refractivity contribution in [3.63, 3.8) is 0 Å². The van der Waals surface area contributed by atoms with Crippen LogP contribution in [0.15, 0.2) is 22.7 Å². The van der Waals surface area contributed by atoms with Crippen LogP contribution >= 0.6 is 26.6 Å². The SMILES string of the molecule is O=S(=O)(Cl)CCCCCCOc1ccc(F)cc1Br. The zero-order chi connectivity index (χ0) is 14.3. The van der Waals surface area contributed by atoms with Crippen molar-refractivity contribution in [1.82, 2.24) is 0 Å². The number of hydrogen-bond donors (Lipinski definition) is 0. The van der Waals surface area contributed by atoms with E-state index in [1.807, 2.05) is 0 Å². The molecular formula is C12H15BrClFO3S. The molecule has 0 amide bonds. The van der Waals surface area contributed by atoms with E-state index < -0.39 is 9.05 Å². The van der Waals surface area contributed by atoms with Gasteiger partial charge in [-0.05, 0) is 47.0 Å². The Bertz CT molecular complexity index is 508. The van der Waals surface area contributed by atoms with E-state index in [4.69, 9.17) is 15.4 Å². The Morgan fingerprint density at radius 2 is 1.89 bits per heavy atom. The number of halogens is 3. The number of unbranched alkanes of at least 4 members (excludes halogenated alkanes) is 3. The van der Waals surface area contributed by atoms with Gasteiger partial charge in [0, 0.05) is 10.7 Å². The van der Waals surface area contributed by atoms with Gasteiger partial charge in [0.15, 0.2) is 0 Å². The first-order valence-electron chi connectivity index (χ1n) is 5.89. The van der Waals surface area contributed by atoms with E-state index >= 15 is 0 Å². The predicted octanol–water partition coefficient (Wildman–Crippen LogP) is 4.10. The van der Waals surface area contributed by atoms with E-state index in [1.54, 1.807) is 6.07 Å². The molecule has 1 aromatic rings. The van der Waals surface area contributed by atoms with Crippen LogP contribution in [-0.2, 0) is 9.05 Å². The van der Waals surface area contributed by atoms with E-state index in [9.17, 15) is 12.8 Å². The fraction of sp³-hybridized carbons (Fsp3) is 0.500. The van der Waals surface area contributed by atoms with Crippen molar-refractivity contribution < 1.29 is 17.5 Å². The van der Waals surface area contributed by atoms with Crippen LogP contribution < -0.4 is 4.74 Å². The van der Waals surface area contributed by atoms with Crippen molar-refractivity contribution >= 4 is 35.7 Å². The van der Waals surface area contributed by atoms with Gasteiger partial charge in [-0.2, -0.15) is 0 Å². The van der Waals surface area contributed by atoms with Gasteiger partial charge in [-0.15, -0.1) is 0 Å². The highest BCUT2D eigenvalue weighted by Gasteiger charge is 2.04. The molecule has 0 aliphatic heterocycles. The monoisotopic (exact) mass is 372 g/mol. The Morgan fingerprint density at radius 1 is 1.21 bits per heavy atom. The summed E-state index contributed by atoms with van der Waals surface area (Å²) in [5.74, 6) is 0.296. The van der Waals surface area contributed by atoms with Crippen molar-refractivity contribution in [1.29, 1.82) is 0 Å². The van der Waals surface area contributed by atoms with Gasteiger partial charge < -0.3 is 4.74 Å². The van der Waals surface area contributed by atoms with Crippen molar-refractivity contribution in [3.8, 4) is 5.75 Å². The van der Waals surface area contributed by atoms with E-state index in [-0.39, 0.29) is 11.6 Å². The topological polar surface area (TPSA) is 43.4 Å². The number of hydrogen-bond acceptors (Lipinski definition) is 3. The molecule has 0 saturated carbocycles. The highest BCUT2D eigenvalue weighted by Crippen LogP contribution is 2.25. The largest absolute Gasteiger partial charge is 0.492 e. The molecular weight excluding hydrogens is 359 g/mol. The van der Waals surface area contributed by atoms with Crippen molar-refractivity contribution in [2.24, 2.45) is 0 Å². The average molecular weight is 374 g/mol. The normalized spacial score (nSPS) is 11.5. The molecule has 0 heterocycles. The van der Waals surface area contributed by atoms with Crippen LogP contribution in [0.3, 0.4) is 0 Å². The Balaban J connectivity index is 2.14. The summed E-state index contributed by atoms with van der Waals surface area (Å²) in [4.78, 5) is 0. The van der Waals surface area contributed by atoms with E-state index in [0.717, 1.165) is 19.3 Å². The Morgan fingerprint density at radius 3 is 2.53 bits per heavy atom. The molecule has 108 valence electrons. The van der Waals surface area contributed by atoms with Crippen LogP contribution in [0.1, 0.15) is 25.7 Å². The zero-order valence-electron chi connectivity index (χ0n) is 10.2. The van der Waals surface area contributed by atoms with Crippen LogP contribution in [0.2, 0.25) is 0 Å². The summed E-state index contributed by atoms with van der Waals surface area (Å²) in [5.41, 5.74) is 0. The number of rotatable bonds is 8. The smallest absolute Gasteiger partial charge is 0.232 e. The lowest BCUT2D eigenvalue weighted by Gasteiger charge is -2.07. The second-order valence-corrected chi connectivity index (χ2v) is 7.83. The van der Waals surface area contributed by atoms with Crippen LogP contribution in [0, 0.1) is 5.82 Å². The van der Waals surface area contributed by atoms with Gasteiger partial charge >= 0.3 is 0 Å². The molecule has 7 heteroatoms. The number of benzene rings is 1. The molecule has 19 heavy (non-hydrogen) atoms. The zero-order valence-corrected chi connectivity index (χ0v) is 13.4. The maximum absolute atomic E-state index is 12.8. The average Bonchev–Trinajstić information content (AvgIpc) is 2.29. The molecule has 0 saturated heterocycles. The van der Waals surface area contributed by atoms with Crippen LogP contribution in [0.25, 0.3) is 0 Å². The van der Waals surface area contributed by atoms with Crippen molar-refractivity contribution in [2.45, 2.75) is 25.7 Å². The maximum Gasteiger partial charge on any atom is 0.232 e. The third kappa shape index (κ3) is 7.74. The first-order valence-corrected chi connectivity index (χ1v) is 9.16. The van der Waals surface area contributed by atoms with E-state index in [0.29, 0.717) is 23.2 Å². The standard InChI is InChI=1S/C12H15BrClFO3S/c13-11-9-10(15)5-6-12(11)18-7-3-1-2-4-8-19(14,16)17/h5-6,9H,1-4,7-8H2. The highest BCUT2D eigenvalue weighted by molar-refractivity contribution is 9.10. The minimum absolute atomic E-state index is 0.0128. The summed E-state index contributed by atoms with van der Waals surface area (Å²) in [7, 11) is 1.72. The lowest BCUT2D eigenvalue weighted by molar-refractivity contribution is 0.303. The first kappa shape index (κ1) is 16.7. The maximum atomic E-state index is 12.8. The van der Waals surface area contributed by atoms with Gasteiger partial charge in [-0.3, -0.25) is 0 Å². The molecule has 0 radical (unpaired) electrons. The summed E-state index contributed by atoms with van der Waals surface area (Å²) >= 11 is 3.22. The van der Waals surface area contributed by atoms with Crippen LogP contribution in [-0.4, -0.2) is 20.8 Å². The molecule has 0 fully saturated rings. The lowest BCUT2D eigenvalue weighted by atomic mass is 10.2. The lowest BCUT2D eigenvalue weighted by Crippen LogP contribution is -2.00. The fourth-order valence-corrected chi connectivity index (χ4v) is 2.85. The second-order valence-electron chi connectivity index (χ2n) is 4.08. The summed E-state index contributed by atoms with van der Waals surface area (Å²) in [6.45, 7) is 0.512. The minimum Gasteiger partial charge on any atom is -0.492 e. The summed E-state index contributed by atoms with van der Waals surface area (Å²) < 4.78 is 40.2.